The van der Waals surface area contributed by atoms with Crippen LogP contribution in [0.1, 0.15) is 28.2 Å². The standard InChI is InChI=1S/C26H26ClN5O3/c1-18-24(17-21-3-8-22(27)9-4-21)26(29-19(2)28-18)31-15-13-30(14-16-31)25(33)12-7-20-5-10-23(11-6-20)32(34)35/h3-12H,13-17H2,1-2H3/b12-7+. The van der Waals surface area contributed by atoms with Crippen molar-refractivity contribution in [1.82, 2.24) is 14.9 Å². The van der Waals surface area contributed by atoms with Crippen LogP contribution in [0.5, 0.6) is 0 Å². The number of aromatic nitrogens is 2. The van der Waals surface area contributed by atoms with E-state index >= 15 is 0 Å². The molecule has 0 radical (unpaired) electrons. The lowest BCUT2D eigenvalue weighted by Crippen LogP contribution is -2.49. The van der Waals surface area contributed by atoms with Gasteiger partial charge in [0.2, 0.25) is 5.91 Å². The highest BCUT2D eigenvalue weighted by Gasteiger charge is 2.24. The molecule has 1 fully saturated rings. The predicted octanol–water partition coefficient (Wildman–Crippen LogP) is 4.61. The second-order valence-electron chi connectivity index (χ2n) is 8.46. The molecule has 9 heteroatoms. The van der Waals surface area contributed by atoms with Gasteiger partial charge in [0.1, 0.15) is 11.6 Å². The fraction of sp³-hybridized carbons (Fsp3) is 0.269. The molecule has 2 heterocycles. The molecule has 1 aliphatic rings. The number of benzene rings is 2. The molecule has 1 aromatic heterocycles. The number of halogens is 1. The second-order valence-corrected chi connectivity index (χ2v) is 8.89. The summed E-state index contributed by atoms with van der Waals surface area (Å²) in [4.78, 5) is 36.4. The minimum absolute atomic E-state index is 0.0234. The van der Waals surface area contributed by atoms with E-state index in [0.717, 1.165) is 34.0 Å². The summed E-state index contributed by atoms with van der Waals surface area (Å²) in [5.41, 5.74) is 3.93. The van der Waals surface area contributed by atoms with E-state index in [-0.39, 0.29) is 11.6 Å². The molecule has 0 N–H and O–H groups in total. The van der Waals surface area contributed by atoms with Gasteiger partial charge in [-0.15, -0.1) is 0 Å². The number of carbonyl (C=O) groups excluding carboxylic acids is 1. The third-order valence-electron chi connectivity index (χ3n) is 6.01. The Morgan fingerprint density at radius 2 is 1.69 bits per heavy atom. The van der Waals surface area contributed by atoms with Crippen LogP contribution in [-0.4, -0.2) is 51.9 Å². The number of hydrogen-bond acceptors (Lipinski definition) is 6. The van der Waals surface area contributed by atoms with Gasteiger partial charge in [0.05, 0.1) is 4.92 Å². The number of anilines is 1. The Hall–Kier alpha value is -3.78. The van der Waals surface area contributed by atoms with Gasteiger partial charge < -0.3 is 9.80 Å². The van der Waals surface area contributed by atoms with E-state index in [4.69, 9.17) is 16.6 Å². The van der Waals surface area contributed by atoms with Gasteiger partial charge in [0.25, 0.3) is 5.69 Å². The summed E-state index contributed by atoms with van der Waals surface area (Å²) in [6.07, 6.45) is 3.90. The van der Waals surface area contributed by atoms with Crippen molar-refractivity contribution in [2.24, 2.45) is 0 Å². The van der Waals surface area contributed by atoms with E-state index < -0.39 is 4.92 Å². The molecule has 1 amide bonds. The minimum Gasteiger partial charge on any atom is -0.353 e. The zero-order chi connectivity index (χ0) is 24.9. The van der Waals surface area contributed by atoms with Crippen LogP contribution in [0, 0.1) is 24.0 Å². The average Bonchev–Trinajstić information content (AvgIpc) is 2.85. The van der Waals surface area contributed by atoms with Gasteiger partial charge >= 0.3 is 0 Å². The van der Waals surface area contributed by atoms with Crippen LogP contribution < -0.4 is 4.90 Å². The summed E-state index contributed by atoms with van der Waals surface area (Å²) in [6.45, 7) is 6.39. The number of nitro groups is 1. The molecule has 3 aromatic rings. The summed E-state index contributed by atoms with van der Waals surface area (Å²) >= 11 is 6.04. The van der Waals surface area contributed by atoms with Crippen LogP contribution in [-0.2, 0) is 11.2 Å². The van der Waals surface area contributed by atoms with Gasteiger partial charge in [-0.25, -0.2) is 9.97 Å². The molecule has 8 nitrogen and oxygen atoms in total. The van der Waals surface area contributed by atoms with E-state index in [1.807, 2.05) is 38.1 Å². The highest BCUT2D eigenvalue weighted by atomic mass is 35.5. The Balaban J connectivity index is 1.43. The number of carbonyl (C=O) groups is 1. The van der Waals surface area contributed by atoms with Gasteiger partial charge in [0, 0.05) is 67.1 Å². The van der Waals surface area contributed by atoms with Crippen molar-refractivity contribution in [3.05, 3.63) is 98.0 Å². The van der Waals surface area contributed by atoms with Crippen LogP contribution in [0.25, 0.3) is 6.08 Å². The molecular formula is C26H26ClN5O3. The monoisotopic (exact) mass is 491 g/mol. The lowest BCUT2D eigenvalue weighted by atomic mass is 10.0. The van der Waals surface area contributed by atoms with E-state index in [2.05, 4.69) is 9.88 Å². The van der Waals surface area contributed by atoms with Crippen molar-refractivity contribution in [2.45, 2.75) is 20.3 Å². The van der Waals surface area contributed by atoms with E-state index in [1.165, 1.54) is 18.2 Å². The topological polar surface area (TPSA) is 92.5 Å². The third-order valence-corrected chi connectivity index (χ3v) is 6.26. The molecule has 35 heavy (non-hydrogen) atoms. The van der Waals surface area contributed by atoms with Crippen molar-refractivity contribution < 1.29 is 9.72 Å². The van der Waals surface area contributed by atoms with Crippen molar-refractivity contribution in [3.63, 3.8) is 0 Å². The molecule has 0 spiro atoms. The molecule has 0 saturated carbocycles. The molecule has 0 bridgehead atoms. The summed E-state index contributed by atoms with van der Waals surface area (Å²) in [5.74, 6) is 1.56. The van der Waals surface area contributed by atoms with Crippen LogP contribution in [0.3, 0.4) is 0 Å². The van der Waals surface area contributed by atoms with E-state index in [1.54, 1.807) is 23.1 Å². The molecule has 0 aliphatic carbocycles. The molecular weight excluding hydrogens is 466 g/mol. The van der Waals surface area contributed by atoms with Gasteiger partial charge in [-0.1, -0.05) is 23.7 Å². The van der Waals surface area contributed by atoms with Crippen LogP contribution in [0.2, 0.25) is 5.02 Å². The predicted molar refractivity (Wildman–Crippen MR) is 137 cm³/mol. The maximum Gasteiger partial charge on any atom is 0.269 e. The Labute approximate surface area is 209 Å². The first-order chi connectivity index (χ1) is 16.8. The molecule has 180 valence electrons. The fourth-order valence-electron chi connectivity index (χ4n) is 4.11. The van der Waals surface area contributed by atoms with Crippen molar-refractivity contribution in [2.75, 3.05) is 31.1 Å². The first-order valence-electron chi connectivity index (χ1n) is 11.3. The number of hydrogen-bond donors (Lipinski definition) is 0. The van der Waals surface area contributed by atoms with E-state index in [0.29, 0.717) is 37.6 Å². The first-order valence-corrected chi connectivity index (χ1v) is 11.7. The summed E-state index contributed by atoms with van der Waals surface area (Å²) in [6, 6.07) is 13.9. The molecule has 0 unspecified atom stereocenters. The first kappa shape index (κ1) is 24.3. The Bertz CT molecular complexity index is 1250. The SMILES string of the molecule is Cc1nc(C)c(Cc2ccc(Cl)cc2)c(N2CCN(C(=O)/C=C/c3ccc([N+](=O)[O-])cc3)CC2)n1. The fourth-order valence-corrected chi connectivity index (χ4v) is 4.24. The van der Waals surface area contributed by atoms with Crippen LogP contribution >= 0.6 is 11.6 Å². The Morgan fingerprint density at radius 3 is 2.31 bits per heavy atom. The van der Waals surface area contributed by atoms with Crippen molar-refractivity contribution in [1.29, 1.82) is 0 Å². The van der Waals surface area contributed by atoms with Crippen LogP contribution in [0.4, 0.5) is 11.5 Å². The quantitative estimate of drug-likeness (QED) is 0.284. The smallest absolute Gasteiger partial charge is 0.269 e. The molecule has 4 rings (SSSR count). The zero-order valence-electron chi connectivity index (χ0n) is 19.6. The number of rotatable bonds is 6. The normalized spacial score (nSPS) is 13.9. The van der Waals surface area contributed by atoms with Crippen molar-refractivity contribution in [3.8, 4) is 0 Å². The average molecular weight is 492 g/mol. The van der Waals surface area contributed by atoms with Gasteiger partial charge in [-0.2, -0.15) is 0 Å². The zero-order valence-corrected chi connectivity index (χ0v) is 20.4. The summed E-state index contributed by atoms with van der Waals surface area (Å²) in [5, 5.41) is 11.5. The Kier molecular flexibility index (Phi) is 7.41. The van der Waals surface area contributed by atoms with E-state index in [9.17, 15) is 14.9 Å². The second kappa shape index (κ2) is 10.7. The molecule has 0 atom stereocenters. The van der Waals surface area contributed by atoms with Gasteiger partial charge in [-0.05, 0) is 55.3 Å². The highest BCUT2D eigenvalue weighted by molar-refractivity contribution is 6.30. The van der Waals surface area contributed by atoms with Crippen LogP contribution in [0.15, 0.2) is 54.6 Å². The van der Waals surface area contributed by atoms with Crippen molar-refractivity contribution >= 4 is 35.1 Å². The molecule has 2 aromatic carbocycles. The number of amides is 1. The number of aryl methyl sites for hydroxylation is 2. The Morgan fingerprint density at radius 1 is 1.03 bits per heavy atom. The summed E-state index contributed by atoms with van der Waals surface area (Å²) in [7, 11) is 0. The molecule has 1 aliphatic heterocycles. The largest absolute Gasteiger partial charge is 0.353 e. The lowest BCUT2D eigenvalue weighted by molar-refractivity contribution is -0.384. The number of piperazine rings is 1. The van der Waals surface area contributed by atoms with Gasteiger partial charge in [0.15, 0.2) is 0 Å². The number of non-ortho nitro benzene ring substituents is 1. The molecule has 1 saturated heterocycles. The number of nitrogens with zero attached hydrogens (tertiary/aromatic N) is 5. The summed E-state index contributed by atoms with van der Waals surface area (Å²) < 4.78 is 0. The highest BCUT2D eigenvalue weighted by Crippen LogP contribution is 2.26. The minimum atomic E-state index is -0.445. The third kappa shape index (κ3) is 6.02. The number of nitro benzene ring substituents is 1. The maximum atomic E-state index is 12.7. The lowest BCUT2D eigenvalue weighted by Gasteiger charge is -2.36. The maximum absolute atomic E-state index is 12.7. The van der Waals surface area contributed by atoms with Gasteiger partial charge in [-0.3, -0.25) is 14.9 Å².